The second-order valence-electron chi connectivity index (χ2n) is 2.21. The van der Waals surface area contributed by atoms with Crippen LogP contribution in [0.15, 0.2) is 12.7 Å². The molecular weight excluding hydrogens is 116 g/mol. The lowest BCUT2D eigenvalue weighted by atomic mass is 10.1. The number of rotatable bonds is 1. The lowest BCUT2D eigenvalue weighted by Crippen LogP contribution is -2.06. The summed E-state index contributed by atoms with van der Waals surface area (Å²) in [4.78, 5) is 0. The standard InChI is InChI=1S/C7H12S/c1-2-7-4-3-5-8-6-7/h2,7H,1,3-6H2. The maximum atomic E-state index is 3.77. The average Bonchev–Trinajstić information content (AvgIpc) is 1.90. The van der Waals surface area contributed by atoms with Crippen molar-refractivity contribution in [1.29, 1.82) is 0 Å². The highest BCUT2D eigenvalue weighted by Gasteiger charge is 2.08. The van der Waals surface area contributed by atoms with Crippen LogP contribution in [0.2, 0.25) is 0 Å². The van der Waals surface area contributed by atoms with Crippen molar-refractivity contribution in [2.75, 3.05) is 11.5 Å². The Hall–Kier alpha value is 0.0900. The van der Waals surface area contributed by atoms with Crippen molar-refractivity contribution in [3.8, 4) is 0 Å². The third-order valence-corrected chi connectivity index (χ3v) is 2.77. The Balaban J connectivity index is 2.22. The van der Waals surface area contributed by atoms with Crippen LogP contribution in [-0.4, -0.2) is 11.5 Å². The minimum Gasteiger partial charge on any atom is -0.161 e. The van der Waals surface area contributed by atoms with E-state index in [9.17, 15) is 0 Å². The summed E-state index contributed by atoms with van der Waals surface area (Å²) in [6, 6.07) is 0. The van der Waals surface area contributed by atoms with E-state index in [0.29, 0.717) is 0 Å². The van der Waals surface area contributed by atoms with Crippen LogP contribution in [0.3, 0.4) is 0 Å². The van der Waals surface area contributed by atoms with Crippen molar-refractivity contribution in [3.05, 3.63) is 12.7 Å². The van der Waals surface area contributed by atoms with Crippen molar-refractivity contribution in [3.63, 3.8) is 0 Å². The fraction of sp³-hybridized carbons (Fsp3) is 0.714. The zero-order chi connectivity index (χ0) is 5.82. The summed E-state index contributed by atoms with van der Waals surface area (Å²) in [6.07, 6.45) is 4.85. The first-order chi connectivity index (χ1) is 3.93. The van der Waals surface area contributed by atoms with E-state index >= 15 is 0 Å². The molecule has 0 bridgehead atoms. The summed E-state index contributed by atoms with van der Waals surface area (Å²) in [5.74, 6) is 3.49. The minimum absolute atomic E-state index is 0.814. The fourth-order valence-corrected chi connectivity index (χ4v) is 2.09. The van der Waals surface area contributed by atoms with Crippen LogP contribution < -0.4 is 0 Å². The predicted octanol–water partition coefficient (Wildman–Crippen LogP) is 2.32. The normalized spacial score (nSPS) is 29.8. The lowest BCUT2D eigenvalue weighted by molar-refractivity contribution is 0.631. The van der Waals surface area contributed by atoms with Crippen LogP contribution in [0.4, 0.5) is 0 Å². The molecule has 0 spiro atoms. The van der Waals surface area contributed by atoms with Crippen molar-refractivity contribution < 1.29 is 0 Å². The Kier molecular flexibility index (Phi) is 2.47. The predicted molar refractivity (Wildman–Crippen MR) is 40.2 cm³/mol. The second kappa shape index (κ2) is 3.18. The van der Waals surface area contributed by atoms with Crippen molar-refractivity contribution in [1.82, 2.24) is 0 Å². The summed E-state index contributed by atoms with van der Waals surface area (Å²) in [5.41, 5.74) is 0. The summed E-state index contributed by atoms with van der Waals surface area (Å²) in [5, 5.41) is 0. The van der Waals surface area contributed by atoms with Gasteiger partial charge in [-0.1, -0.05) is 6.08 Å². The molecule has 0 radical (unpaired) electrons. The highest BCUT2D eigenvalue weighted by molar-refractivity contribution is 7.99. The molecular formula is C7H12S. The molecule has 1 rings (SSSR count). The summed E-state index contributed by atoms with van der Waals surface area (Å²) < 4.78 is 0. The first-order valence-electron chi connectivity index (χ1n) is 3.14. The Labute approximate surface area is 55.4 Å². The van der Waals surface area contributed by atoms with Crippen LogP contribution in [-0.2, 0) is 0 Å². The van der Waals surface area contributed by atoms with Crippen LogP contribution >= 0.6 is 11.8 Å². The molecule has 0 amide bonds. The first kappa shape index (κ1) is 6.21. The number of hydrogen-bond donors (Lipinski definition) is 0. The second-order valence-corrected chi connectivity index (χ2v) is 3.36. The van der Waals surface area contributed by atoms with E-state index in [2.05, 4.69) is 24.4 Å². The molecule has 0 aromatic heterocycles. The highest BCUT2D eigenvalue weighted by atomic mass is 32.2. The lowest BCUT2D eigenvalue weighted by Gasteiger charge is -2.16. The molecule has 1 aliphatic heterocycles. The molecule has 1 fully saturated rings. The van der Waals surface area contributed by atoms with E-state index in [1.807, 2.05) is 0 Å². The number of hydrogen-bond acceptors (Lipinski definition) is 1. The molecule has 8 heavy (non-hydrogen) atoms. The minimum atomic E-state index is 0.814. The SMILES string of the molecule is C=CC1CCCSC1. The van der Waals surface area contributed by atoms with Crippen molar-refractivity contribution >= 4 is 11.8 Å². The topological polar surface area (TPSA) is 0 Å². The van der Waals surface area contributed by atoms with Gasteiger partial charge in [-0.05, 0) is 30.3 Å². The first-order valence-corrected chi connectivity index (χ1v) is 4.29. The molecule has 0 nitrogen and oxygen atoms in total. The van der Waals surface area contributed by atoms with Gasteiger partial charge in [0.25, 0.3) is 0 Å². The van der Waals surface area contributed by atoms with Gasteiger partial charge in [0.2, 0.25) is 0 Å². The van der Waals surface area contributed by atoms with Crippen LogP contribution in [0.5, 0.6) is 0 Å². The van der Waals surface area contributed by atoms with Crippen molar-refractivity contribution in [2.45, 2.75) is 12.8 Å². The summed E-state index contributed by atoms with van der Waals surface area (Å²) in [6.45, 7) is 3.77. The van der Waals surface area contributed by atoms with Gasteiger partial charge < -0.3 is 0 Å². The molecule has 46 valence electrons. The van der Waals surface area contributed by atoms with E-state index in [4.69, 9.17) is 0 Å². The molecule has 1 aliphatic rings. The van der Waals surface area contributed by atoms with Gasteiger partial charge in [-0.2, -0.15) is 11.8 Å². The van der Waals surface area contributed by atoms with Crippen molar-refractivity contribution in [2.24, 2.45) is 5.92 Å². The Bertz CT molecular complexity index is 72.5. The molecule has 1 heterocycles. The van der Waals surface area contributed by atoms with E-state index in [-0.39, 0.29) is 0 Å². The number of allylic oxidation sites excluding steroid dienone is 1. The Morgan fingerprint density at radius 3 is 2.88 bits per heavy atom. The quantitative estimate of drug-likeness (QED) is 0.488. The highest BCUT2D eigenvalue weighted by Crippen LogP contribution is 2.22. The monoisotopic (exact) mass is 128 g/mol. The maximum Gasteiger partial charge on any atom is -0.000456 e. The molecule has 1 atom stereocenters. The van der Waals surface area contributed by atoms with Gasteiger partial charge in [0.1, 0.15) is 0 Å². The molecule has 0 saturated carbocycles. The summed E-state index contributed by atoms with van der Waals surface area (Å²) in [7, 11) is 0. The molecule has 1 saturated heterocycles. The largest absolute Gasteiger partial charge is 0.161 e. The molecule has 0 aromatic carbocycles. The summed E-state index contributed by atoms with van der Waals surface area (Å²) >= 11 is 2.06. The van der Waals surface area contributed by atoms with Gasteiger partial charge in [0.05, 0.1) is 0 Å². The van der Waals surface area contributed by atoms with Gasteiger partial charge in [0, 0.05) is 0 Å². The van der Waals surface area contributed by atoms with E-state index in [1.54, 1.807) is 0 Å². The molecule has 0 N–H and O–H groups in total. The zero-order valence-corrected chi connectivity index (χ0v) is 5.91. The van der Waals surface area contributed by atoms with Gasteiger partial charge in [-0.15, -0.1) is 6.58 Å². The van der Waals surface area contributed by atoms with Gasteiger partial charge in [-0.25, -0.2) is 0 Å². The fourth-order valence-electron chi connectivity index (χ4n) is 0.952. The van der Waals surface area contributed by atoms with Gasteiger partial charge >= 0.3 is 0 Å². The zero-order valence-electron chi connectivity index (χ0n) is 5.10. The van der Waals surface area contributed by atoms with E-state index in [0.717, 1.165) is 5.92 Å². The van der Waals surface area contributed by atoms with Crippen LogP contribution in [0.25, 0.3) is 0 Å². The van der Waals surface area contributed by atoms with Crippen LogP contribution in [0, 0.1) is 5.92 Å². The van der Waals surface area contributed by atoms with E-state index < -0.39 is 0 Å². The maximum absolute atomic E-state index is 3.77. The smallest absolute Gasteiger partial charge is 0.000456 e. The van der Waals surface area contributed by atoms with E-state index in [1.165, 1.54) is 24.3 Å². The van der Waals surface area contributed by atoms with Crippen LogP contribution in [0.1, 0.15) is 12.8 Å². The molecule has 0 aromatic rings. The van der Waals surface area contributed by atoms with Gasteiger partial charge in [0.15, 0.2) is 0 Å². The number of thioether (sulfide) groups is 1. The van der Waals surface area contributed by atoms with Gasteiger partial charge in [-0.3, -0.25) is 0 Å². The Morgan fingerprint density at radius 2 is 2.50 bits per heavy atom. The molecule has 0 aliphatic carbocycles. The third kappa shape index (κ3) is 1.55. The molecule has 1 unspecified atom stereocenters. The third-order valence-electron chi connectivity index (χ3n) is 1.53. The Morgan fingerprint density at radius 1 is 1.62 bits per heavy atom. The average molecular weight is 128 g/mol. The molecule has 1 heteroatoms.